The fraction of sp³-hybridized carbons (Fsp3) is 0.308. The molecule has 0 amide bonds. The van der Waals surface area contributed by atoms with E-state index in [0.717, 1.165) is 30.4 Å². The molecule has 0 radical (unpaired) electrons. The molecule has 4 heteroatoms. The van der Waals surface area contributed by atoms with Crippen molar-refractivity contribution in [3.05, 3.63) is 30.0 Å². The second-order valence-electron chi connectivity index (χ2n) is 4.23. The van der Waals surface area contributed by atoms with E-state index >= 15 is 0 Å². The number of anilines is 1. The van der Waals surface area contributed by atoms with E-state index in [9.17, 15) is 0 Å². The Balaban J connectivity index is 2.01. The van der Waals surface area contributed by atoms with Crippen molar-refractivity contribution in [1.82, 2.24) is 4.98 Å². The highest BCUT2D eigenvalue weighted by Crippen LogP contribution is 2.29. The molecule has 86 valence electrons. The Morgan fingerprint density at radius 3 is 2.82 bits per heavy atom. The van der Waals surface area contributed by atoms with Gasteiger partial charge in [0.15, 0.2) is 0 Å². The predicted molar refractivity (Wildman–Crippen MR) is 64.7 cm³/mol. The topological polar surface area (TPSA) is 56.0 Å². The highest BCUT2D eigenvalue weighted by molar-refractivity contribution is 5.66. The van der Waals surface area contributed by atoms with Crippen LogP contribution >= 0.6 is 0 Å². The largest absolute Gasteiger partial charge is 0.463 e. The number of nitriles is 1. The number of furan rings is 1. The van der Waals surface area contributed by atoms with Crippen LogP contribution < -0.4 is 4.90 Å². The van der Waals surface area contributed by atoms with E-state index in [1.807, 2.05) is 18.2 Å². The van der Waals surface area contributed by atoms with Gasteiger partial charge in [-0.05, 0) is 31.0 Å². The molecule has 4 nitrogen and oxygen atoms in total. The van der Waals surface area contributed by atoms with Gasteiger partial charge in [-0.3, -0.25) is 0 Å². The minimum absolute atomic E-state index is 0.693. The van der Waals surface area contributed by atoms with Crippen molar-refractivity contribution in [3.63, 3.8) is 0 Å². The van der Waals surface area contributed by atoms with E-state index < -0.39 is 0 Å². The van der Waals surface area contributed by atoms with Gasteiger partial charge in [-0.1, -0.05) is 0 Å². The average molecular weight is 227 g/mol. The molecule has 3 rings (SSSR count). The Morgan fingerprint density at radius 2 is 2.18 bits per heavy atom. The molecule has 17 heavy (non-hydrogen) atoms. The molecule has 0 unspecified atom stereocenters. The number of nitrogens with zero attached hydrogens (tertiary/aromatic N) is 2. The standard InChI is InChI=1S/C13H13N3O/c14-9-10-8-11(12-4-3-7-17-12)15-13(10)16-5-1-2-6-16/h3-4,7-8,15H,1-2,5-6H2. The third-order valence-corrected chi connectivity index (χ3v) is 3.13. The Bertz CT molecular complexity index is 542. The smallest absolute Gasteiger partial charge is 0.150 e. The number of rotatable bonds is 2. The summed E-state index contributed by atoms with van der Waals surface area (Å²) in [6.07, 6.45) is 4.03. The van der Waals surface area contributed by atoms with Crippen molar-refractivity contribution >= 4 is 5.82 Å². The molecular formula is C13H13N3O. The molecule has 0 bridgehead atoms. The van der Waals surface area contributed by atoms with Crippen LogP contribution in [0.25, 0.3) is 11.5 Å². The van der Waals surface area contributed by atoms with Gasteiger partial charge in [0.05, 0.1) is 17.5 Å². The molecule has 1 aliphatic heterocycles. The second kappa shape index (κ2) is 4.02. The monoisotopic (exact) mass is 227 g/mol. The third kappa shape index (κ3) is 1.70. The third-order valence-electron chi connectivity index (χ3n) is 3.13. The number of H-pyrrole nitrogens is 1. The molecule has 2 aromatic heterocycles. The number of aromatic nitrogens is 1. The first-order chi connectivity index (χ1) is 8.38. The van der Waals surface area contributed by atoms with Crippen LogP contribution in [0.2, 0.25) is 0 Å². The highest BCUT2D eigenvalue weighted by Gasteiger charge is 2.19. The van der Waals surface area contributed by atoms with Crippen LogP contribution in [0.1, 0.15) is 18.4 Å². The quantitative estimate of drug-likeness (QED) is 0.858. The zero-order valence-electron chi connectivity index (χ0n) is 9.44. The summed E-state index contributed by atoms with van der Waals surface area (Å²) in [7, 11) is 0. The summed E-state index contributed by atoms with van der Waals surface area (Å²) in [5, 5.41) is 9.16. The van der Waals surface area contributed by atoms with E-state index in [0.29, 0.717) is 5.56 Å². The zero-order valence-corrected chi connectivity index (χ0v) is 9.44. The maximum Gasteiger partial charge on any atom is 0.150 e. The fourth-order valence-electron chi connectivity index (χ4n) is 2.28. The van der Waals surface area contributed by atoms with Crippen LogP contribution in [0, 0.1) is 11.3 Å². The molecule has 0 aromatic carbocycles. The fourth-order valence-corrected chi connectivity index (χ4v) is 2.28. The lowest BCUT2D eigenvalue weighted by atomic mass is 10.3. The number of nitrogens with one attached hydrogen (secondary N) is 1. The Hall–Kier alpha value is -2.15. The summed E-state index contributed by atoms with van der Waals surface area (Å²) >= 11 is 0. The number of aromatic amines is 1. The van der Waals surface area contributed by atoms with Gasteiger partial charge in [-0.25, -0.2) is 0 Å². The molecule has 1 aliphatic rings. The van der Waals surface area contributed by atoms with Crippen molar-refractivity contribution in [2.45, 2.75) is 12.8 Å². The highest BCUT2D eigenvalue weighted by atomic mass is 16.3. The van der Waals surface area contributed by atoms with Gasteiger partial charge in [0.1, 0.15) is 17.6 Å². The SMILES string of the molecule is N#Cc1cc(-c2ccco2)[nH]c1N1CCCC1. The Kier molecular flexibility index (Phi) is 2.37. The van der Waals surface area contributed by atoms with Gasteiger partial charge in [-0.2, -0.15) is 5.26 Å². The van der Waals surface area contributed by atoms with Crippen molar-refractivity contribution in [3.8, 4) is 17.5 Å². The van der Waals surface area contributed by atoms with Crippen LogP contribution in [-0.4, -0.2) is 18.1 Å². The second-order valence-corrected chi connectivity index (χ2v) is 4.23. The molecular weight excluding hydrogens is 214 g/mol. The predicted octanol–water partition coefficient (Wildman–Crippen LogP) is 2.75. The molecule has 1 fully saturated rings. The van der Waals surface area contributed by atoms with Gasteiger partial charge in [0, 0.05) is 13.1 Å². The summed E-state index contributed by atoms with van der Waals surface area (Å²) < 4.78 is 5.34. The first-order valence-electron chi connectivity index (χ1n) is 5.80. The normalized spacial score (nSPS) is 15.1. The average Bonchev–Trinajstić information content (AvgIpc) is 3.09. The van der Waals surface area contributed by atoms with Crippen LogP contribution in [0.15, 0.2) is 28.9 Å². The molecule has 0 aliphatic carbocycles. The first kappa shape index (κ1) is 10.0. The first-order valence-corrected chi connectivity index (χ1v) is 5.80. The molecule has 1 N–H and O–H groups in total. The summed E-state index contributed by atoms with van der Waals surface area (Å²) in [5.41, 5.74) is 1.56. The van der Waals surface area contributed by atoms with E-state index in [2.05, 4.69) is 16.0 Å². The van der Waals surface area contributed by atoms with Crippen LogP contribution in [0.5, 0.6) is 0 Å². The van der Waals surface area contributed by atoms with Gasteiger partial charge < -0.3 is 14.3 Å². The van der Waals surface area contributed by atoms with E-state index in [1.54, 1.807) is 6.26 Å². The maximum atomic E-state index is 9.16. The molecule has 0 atom stereocenters. The number of hydrogen-bond acceptors (Lipinski definition) is 3. The van der Waals surface area contributed by atoms with Crippen molar-refractivity contribution in [1.29, 1.82) is 5.26 Å². The van der Waals surface area contributed by atoms with Gasteiger partial charge >= 0.3 is 0 Å². The Morgan fingerprint density at radius 1 is 1.35 bits per heavy atom. The summed E-state index contributed by atoms with van der Waals surface area (Å²) in [6, 6.07) is 7.83. The minimum Gasteiger partial charge on any atom is -0.463 e. The summed E-state index contributed by atoms with van der Waals surface area (Å²) in [6.45, 7) is 2.04. The van der Waals surface area contributed by atoms with Crippen LogP contribution in [0.4, 0.5) is 5.82 Å². The molecule has 2 aromatic rings. The van der Waals surface area contributed by atoms with E-state index in [1.165, 1.54) is 12.8 Å². The van der Waals surface area contributed by atoms with Gasteiger partial charge in [-0.15, -0.1) is 0 Å². The van der Waals surface area contributed by atoms with Crippen LogP contribution in [0.3, 0.4) is 0 Å². The summed E-state index contributed by atoms with van der Waals surface area (Å²) in [5.74, 6) is 1.70. The summed E-state index contributed by atoms with van der Waals surface area (Å²) in [4.78, 5) is 5.51. The zero-order chi connectivity index (χ0) is 11.7. The lowest BCUT2D eigenvalue weighted by molar-refractivity contribution is 0.580. The van der Waals surface area contributed by atoms with Crippen molar-refractivity contribution < 1.29 is 4.42 Å². The van der Waals surface area contributed by atoms with Crippen molar-refractivity contribution in [2.24, 2.45) is 0 Å². The minimum atomic E-state index is 0.693. The molecule has 1 saturated heterocycles. The lowest BCUT2D eigenvalue weighted by Crippen LogP contribution is -2.18. The molecule has 0 spiro atoms. The lowest BCUT2D eigenvalue weighted by Gasteiger charge is -2.15. The maximum absolute atomic E-state index is 9.16. The van der Waals surface area contributed by atoms with Crippen LogP contribution in [-0.2, 0) is 0 Å². The van der Waals surface area contributed by atoms with Crippen molar-refractivity contribution in [2.75, 3.05) is 18.0 Å². The molecule has 3 heterocycles. The van der Waals surface area contributed by atoms with E-state index in [4.69, 9.17) is 9.68 Å². The number of hydrogen-bond donors (Lipinski definition) is 1. The van der Waals surface area contributed by atoms with E-state index in [-0.39, 0.29) is 0 Å². The van der Waals surface area contributed by atoms with Gasteiger partial charge in [0.2, 0.25) is 0 Å². The Labute approximate surface area is 99.5 Å². The molecule has 0 saturated carbocycles. The van der Waals surface area contributed by atoms with Gasteiger partial charge in [0.25, 0.3) is 0 Å².